The number of allylic oxidation sites excluding steroid dienone is 1. The van der Waals surface area contributed by atoms with E-state index < -0.39 is 0 Å². The lowest BCUT2D eigenvalue weighted by atomic mass is 10.2. The van der Waals surface area contributed by atoms with Gasteiger partial charge in [0, 0.05) is 6.54 Å². The Labute approximate surface area is 64.5 Å². The first kappa shape index (κ1) is 9.70. The minimum Gasteiger partial charge on any atom is -0.312 e. The van der Waals surface area contributed by atoms with E-state index in [4.69, 9.17) is 0 Å². The molecule has 1 nitrogen and oxygen atoms in total. The molecule has 0 fully saturated rings. The van der Waals surface area contributed by atoms with Crippen LogP contribution >= 0.6 is 0 Å². The van der Waals surface area contributed by atoms with Gasteiger partial charge in [-0.3, -0.25) is 0 Å². The van der Waals surface area contributed by atoms with Gasteiger partial charge in [-0.1, -0.05) is 13.0 Å². The van der Waals surface area contributed by atoms with Crippen LogP contribution in [0.5, 0.6) is 0 Å². The summed E-state index contributed by atoms with van der Waals surface area (Å²) in [6.45, 7) is 9.08. The van der Waals surface area contributed by atoms with E-state index in [0.717, 1.165) is 19.4 Å². The van der Waals surface area contributed by atoms with Crippen molar-refractivity contribution < 1.29 is 0 Å². The monoisotopic (exact) mass is 140 g/mol. The fourth-order valence-electron chi connectivity index (χ4n) is 0.713. The summed E-state index contributed by atoms with van der Waals surface area (Å²) in [5, 5.41) is 3.23. The summed E-state index contributed by atoms with van der Waals surface area (Å²) < 4.78 is 0. The maximum absolute atomic E-state index is 3.66. The summed E-state index contributed by atoms with van der Waals surface area (Å²) >= 11 is 0. The topological polar surface area (TPSA) is 12.0 Å². The molecule has 0 aliphatic heterocycles. The minimum atomic E-state index is 1.11. The summed E-state index contributed by atoms with van der Waals surface area (Å²) in [6.07, 6.45) is 6.68. The largest absolute Gasteiger partial charge is 0.312 e. The maximum Gasteiger partial charge on any atom is 0.0221 e. The minimum absolute atomic E-state index is 1.11. The molecule has 0 unspecified atom stereocenters. The van der Waals surface area contributed by atoms with Crippen molar-refractivity contribution >= 4 is 0 Å². The Morgan fingerprint density at radius 1 is 1.40 bits per heavy atom. The van der Waals surface area contributed by atoms with Crippen LogP contribution in [0.2, 0.25) is 0 Å². The highest BCUT2D eigenvalue weighted by molar-refractivity contribution is 4.69. The molecule has 1 N–H and O–H groups in total. The molecule has 0 aromatic rings. The van der Waals surface area contributed by atoms with E-state index in [0.29, 0.717) is 0 Å². The van der Waals surface area contributed by atoms with Crippen LogP contribution in [0.3, 0.4) is 0 Å². The van der Waals surface area contributed by atoms with Crippen molar-refractivity contribution in [1.29, 1.82) is 0 Å². The third-order valence-electron chi connectivity index (χ3n) is 1.30. The Bertz CT molecular complexity index is 69.1. The average molecular weight is 140 g/mol. The Balaban J connectivity index is 2.70. The lowest BCUT2D eigenvalue weighted by molar-refractivity contribution is 0.694. The molecule has 0 aliphatic carbocycles. The van der Waals surface area contributed by atoms with Crippen LogP contribution in [-0.2, 0) is 0 Å². The first-order chi connectivity index (χ1) is 4.91. The molecule has 1 radical (unpaired) electrons. The first-order valence-corrected chi connectivity index (χ1v) is 4.07. The van der Waals surface area contributed by atoms with Crippen molar-refractivity contribution in [2.75, 3.05) is 6.54 Å². The van der Waals surface area contributed by atoms with Gasteiger partial charge >= 0.3 is 0 Å². The molecular weight excluding hydrogens is 122 g/mol. The van der Waals surface area contributed by atoms with E-state index in [1.807, 2.05) is 6.08 Å². The molecule has 0 aromatic heterocycles. The highest BCUT2D eigenvalue weighted by atomic mass is 14.8. The van der Waals surface area contributed by atoms with Crippen LogP contribution in [0.25, 0.3) is 0 Å². The Morgan fingerprint density at radius 2 is 2.20 bits per heavy atom. The van der Waals surface area contributed by atoms with Gasteiger partial charge < -0.3 is 5.32 Å². The maximum atomic E-state index is 3.66. The van der Waals surface area contributed by atoms with E-state index >= 15 is 0 Å². The van der Waals surface area contributed by atoms with Gasteiger partial charge in [-0.15, -0.1) is 6.58 Å². The number of hydrogen-bond donors (Lipinski definition) is 1. The van der Waals surface area contributed by atoms with Gasteiger partial charge in [0.2, 0.25) is 0 Å². The highest BCUT2D eigenvalue weighted by Gasteiger charge is 1.85. The summed E-state index contributed by atoms with van der Waals surface area (Å²) in [5.74, 6) is 0. The second kappa shape index (κ2) is 8.70. The molecule has 0 spiro atoms. The summed E-state index contributed by atoms with van der Waals surface area (Å²) in [7, 11) is 0. The smallest absolute Gasteiger partial charge is 0.0221 e. The SMILES string of the molecule is C=CCCC[CH]NCCC. The van der Waals surface area contributed by atoms with Crippen LogP contribution in [0.15, 0.2) is 12.7 Å². The molecule has 0 saturated carbocycles. The van der Waals surface area contributed by atoms with Crippen molar-refractivity contribution in [2.24, 2.45) is 0 Å². The second-order valence-corrected chi connectivity index (χ2v) is 2.38. The Morgan fingerprint density at radius 3 is 2.80 bits per heavy atom. The number of nitrogens with one attached hydrogen (secondary N) is 1. The fraction of sp³-hybridized carbons (Fsp3) is 0.667. The van der Waals surface area contributed by atoms with Gasteiger partial charge in [-0.25, -0.2) is 0 Å². The predicted octanol–water partition coefficient (Wildman–Crippen LogP) is 2.50. The van der Waals surface area contributed by atoms with Gasteiger partial charge in [-0.05, 0) is 32.2 Å². The molecule has 10 heavy (non-hydrogen) atoms. The van der Waals surface area contributed by atoms with Crippen molar-refractivity contribution in [3.63, 3.8) is 0 Å². The van der Waals surface area contributed by atoms with Crippen molar-refractivity contribution in [3.8, 4) is 0 Å². The lowest BCUT2D eigenvalue weighted by Crippen LogP contribution is -2.10. The molecule has 1 heteroatoms. The number of hydrogen-bond acceptors (Lipinski definition) is 1. The Hall–Kier alpha value is -0.300. The van der Waals surface area contributed by atoms with Crippen molar-refractivity contribution in [3.05, 3.63) is 19.2 Å². The van der Waals surface area contributed by atoms with Crippen LogP contribution in [-0.4, -0.2) is 6.54 Å². The molecular formula is C9H18N. The van der Waals surface area contributed by atoms with Gasteiger partial charge in [0.1, 0.15) is 0 Å². The number of unbranched alkanes of at least 4 members (excludes halogenated alkanes) is 2. The third kappa shape index (κ3) is 7.70. The van der Waals surface area contributed by atoms with Crippen LogP contribution in [0, 0.1) is 6.54 Å². The Kier molecular flexibility index (Phi) is 8.44. The van der Waals surface area contributed by atoms with E-state index in [9.17, 15) is 0 Å². The van der Waals surface area contributed by atoms with Crippen molar-refractivity contribution in [2.45, 2.75) is 32.6 Å². The van der Waals surface area contributed by atoms with Gasteiger partial charge in [-0.2, -0.15) is 0 Å². The third-order valence-corrected chi connectivity index (χ3v) is 1.30. The van der Waals surface area contributed by atoms with Gasteiger partial charge in [0.25, 0.3) is 0 Å². The normalized spacial score (nSPS) is 9.70. The molecule has 0 rings (SSSR count). The van der Waals surface area contributed by atoms with E-state index in [2.05, 4.69) is 25.4 Å². The predicted molar refractivity (Wildman–Crippen MR) is 46.6 cm³/mol. The van der Waals surface area contributed by atoms with Crippen LogP contribution in [0.1, 0.15) is 32.6 Å². The zero-order valence-electron chi connectivity index (χ0n) is 6.90. The van der Waals surface area contributed by atoms with Crippen LogP contribution in [0.4, 0.5) is 0 Å². The molecule has 0 bridgehead atoms. The highest BCUT2D eigenvalue weighted by Crippen LogP contribution is 1.96. The van der Waals surface area contributed by atoms with Gasteiger partial charge in [0.05, 0.1) is 0 Å². The number of rotatable bonds is 7. The molecule has 0 amide bonds. The zero-order chi connectivity index (χ0) is 7.66. The molecule has 59 valence electrons. The van der Waals surface area contributed by atoms with Gasteiger partial charge in [0.15, 0.2) is 0 Å². The zero-order valence-corrected chi connectivity index (χ0v) is 6.90. The molecule has 0 saturated heterocycles. The first-order valence-electron chi connectivity index (χ1n) is 4.07. The summed E-state index contributed by atoms with van der Waals surface area (Å²) in [5.41, 5.74) is 0. The average Bonchev–Trinajstić information content (AvgIpc) is 1.97. The summed E-state index contributed by atoms with van der Waals surface area (Å²) in [6, 6.07) is 0. The summed E-state index contributed by atoms with van der Waals surface area (Å²) in [4.78, 5) is 0. The molecule has 0 atom stereocenters. The lowest BCUT2D eigenvalue weighted by Gasteiger charge is -1.99. The molecule has 0 aromatic carbocycles. The quantitative estimate of drug-likeness (QED) is 0.423. The fourth-order valence-corrected chi connectivity index (χ4v) is 0.713. The van der Waals surface area contributed by atoms with Crippen LogP contribution < -0.4 is 5.32 Å². The van der Waals surface area contributed by atoms with E-state index in [1.54, 1.807) is 0 Å². The molecule has 0 aliphatic rings. The van der Waals surface area contributed by atoms with E-state index in [1.165, 1.54) is 12.8 Å². The van der Waals surface area contributed by atoms with E-state index in [-0.39, 0.29) is 0 Å². The molecule has 0 heterocycles. The second-order valence-electron chi connectivity index (χ2n) is 2.38. The van der Waals surface area contributed by atoms with Crippen molar-refractivity contribution in [1.82, 2.24) is 5.32 Å². The standard InChI is InChI=1S/C9H18N/c1-3-5-6-7-9-10-8-4-2/h3,9-10H,1,4-8H2,2H3.